The number of benzene rings is 2. The molecule has 0 aliphatic heterocycles. The molecule has 0 saturated carbocycles. The van der Waals surface area contributed by atoms with Crippen LogP contribution >= 0.6 is 0 Å². The maximum atomic E-state index is 12.5. The number of amides is 1. The number of rotatable bonds is 7. The van der Waals surface area contributed by atoms with E-state index in [9.17, 15) is 14.4 Å². The molecule has 0 radical (unpaired) electrons. The molecule has 0 fully saturated rings. The number of ketones is 1. The van der Waals surface area contributed by atoms with Crippen LogP contribution < -0.4 is 10.1 Å². The number of fused-ring (bicyclic) bond motifs is 1. The minimum absolute atomic E-state index is 0.0450. The second-order valence-corrected chi connectivity index (χ2v) is 7.15. The SMILES string of the molecule is CC(=O)c1ccc(OCC(=O)O[C@H](C)C(=O)N[C@H]2CCCc3ccccc32)cc1. The van der Waals surface area contributed by atoms with E-state index >= 15 is 0 Å². The Morgan fingerprint density at radius 3 is 2.55 bits per heavy atom. The van der Waals surface area contributed by atoms with E-state index in [1.165, 1.54) is 12.5 Å². The van der Waals surface area contributed by atoms with Gasteiger partial charge in [0.2, 0.25) is 0 Å². The molecular weight excluding hydrogens is 370 g/mol. The van der Waals surface area contributed by atoms with Gasteiger partial charge in [0.05, 0.1) is 6.04 Å². The van der Waals surface area contributed by atoms with Gasteiger partial charge < -0.3 is 14.8 Å². The Bertz CT molecular complexity index is 890. The number of carbonyl (C=O) groups is 3. The number of hydrogen-bond donors (Lipinski definition) is 1. The lowest BCUT2D eigenvalue weighted by molar-refractivity contribution is -0.156. The Labute approximate surface area is 170 Å². The third-order valence-corrected chi connectivity index (χ3v) is 4.98. The summed E-state index contributed by atoms with van der Waals surface area (Å²) in [6, 6.07) is 14.5. The van der Waals surface area contributed by atoms with Crippen LogP contribution in [0.3, 0.4) is 0 Å². The molecule has 0 spiro atoms. The quantitative estimate of drug-likeness (QED) is 0.574. The van der Waals surface area contributed by atoms with Gasteiger partial charge in [-0.2, -0.15) is 0 Å². The van der Waals surface area contributed by atoms with Crippen molar-refractivity contribution in [2.45, 2.75) is 45.3 Å². The van der Waals surface area contributed by atoms with Crippen molar-refractivity contribution >= 4 is 17.7 Å². The Hall–Kier alpha value is -3.15. The van der Waals surface area contributed by atoms with Crippen LogP contribution in [0.15, 0.2) is 48.5 Å². The first-order valence-electron chi connectivity index (χ1n) is 9.75. The van der Waals surface area contributed by atoms with Crippen LogP contribution in [0.4, 0.5) is 0 Å². The third-order valence-electron chi connectivity index (χ3n) is 4.98. The van der Waals surface area contributed by atoms with Gasteiger partial charge in [-0.1, -0.05) is 24.3 Å². The highest BCUT2D eigenvalue weighted by Crippen LogP contribution is 2.29. The summed E-state index contributed by atoms with van der Waals surface area (Å²) >= 11 is 0. The highest BCUT2D eigenvalue weighted by molar-refractivity contribution is 5.94. The van der Waals surface area contributed by atoms with Crippen molar-refractivity contribution in [1.82, 2.24) is 5.32 Å². The van der Waals surface area contributed by atoms with E-state index in [2.05, 4.69) is 11.4 Å². The highest BCUT2D eigenvalue weighted by atomic mass is 16.6. The molecule has 2 aromatic carbocycles. The first-order valence-corrected chi connectivity index (χ1v) is 9.75. The smallest absolute Gasteiger partial charge is 0.344 e. The molecule has 0 heterocycles. The zero-order valence-corrected chi connectivity index (χ0v) is 16.6. The first-order chi connectivity index (χ1) is 13.9. The molecule has 0 unspecified atom stereocenters. The molecule has 1 amide bonds. The number of hydrogen-bond acceptors (Lipinski definition) is 5. The van der Waals surface area contributed by atoms with Crippen molar-refractivity contribution in [3.63, 3.8) is 0 Å². The zero-order valence-electron chi connectivity index (χ0n) is 16.6. The maximum Gasteiger partial charge on any atom is 0.344 e. The van der Waals surface area contributed by atoms with Gasteiger partial charge in [-0.05, 0) is 68.5 Å². The van der Waals surface area contributed by atoms with E-state index in [0.29, 0.717) is 11.3 Å². The molecule has 1 N–H and O–H groups in total. The predicted molar refractivity (Wildman–Crippen MR) is 108 cm³/mol. The van der Waals surface area contributed by atoms with Crippen molar-refractivity contribution in [1.29, 1.82) is 0 Å². The lowest BCUT2D eigenvalue weighted by Gasteiger charge is -2.27. The Morgan fingerprint density at radius 1 is 1.10 bits per heavy atom. The largest absolute Gasteiger partial charge is 0.482 e. The van der Waals surface area contributed by atoms with Gasteiger partial charge in [-0.15, -0.1) is 0 Å². The summed E-state index contributed by atoms with van der Waals surface area (Å²) in [7, 11) is 0. The van der Waals surface area contributed by atoms with Gasteiger partial charge in [0.15, 0.2) is 18.5 Å². The van der Waals surface area contributed by atoms with Gasteiger partial charge in [0.1, 0.15) is 5.75 Å². The van der Waals surface area contributed by atoms with Crippen LogP contribution in [0.1, 0.15) is 54.2 Å². The van der Waals surface area contributed by atoms with Crippen molar-refractivity contribution in [3.05, 3.63) is 65.2 Å². The summed E-state index contributed by atoms with van der Waals surface area (Å²) in [5, 5.41) is 2.98. The average Bonchev–Trinajstić information content (AvgIpc) is 2.72. The van der Waals surface area contributed by atoms with Gasteiger partial charge >= 0.3 is 5.97 Å². The fourth-order valence-corrected chi connectivity index (χ4v) is 3.41. The fourth-order valence-electron chi connectivity index (χ4n) is 3.41. The van der Waals surface area contributed by atoms with Crippen LogP contribution in [0.25, 0.3) is 0 Å². The van der Waals surface area contributed by atoms with Crippen molar-refractivity contribution in [2.75, 3.05) is 6.61 Å². The molecule has 6 heteroatoms. The molecule has 1 aliphatic carbocycles. The highest BCUT2D eigenvalue weighted by Gasteiger charge is 2.25. The number of carbonyl (C=O) groups excluding carboxylic acids is 3. The zero-order chi connectivity index (χ0) is 20.8. The lowest BCUT2D eigenvalue weighted by Crippen LogP contribution is -2.39. The summed E-state index contributed by atoms with van der Waals surface area (Å²) < 4.78 is 10.6. The van der Waals surface area contributed by atoms with E-state index in [0.717, 1.165) is 24.8 Å². The third kappa shape index (κ3) is 5.44. The average molecular weight is 395 g/mol. The minimum atomic E-state index is -0.916. The summed E-state index contributed by atoms with van der Waals surface area (Å²) in [4.78, 5) is 35.8. The van der Waals surface area contributed by atoms with E-state index in [4.69, 9.17) is 9.47 Å². The molecule has 3 rings (SSSR count). The molecule has 2 aromatic rings. The number of aryl methyl sites for hydroxylation is 1. The number of ether oxygens (including phenoxy) is 2. The number of esters is 1. The summed E-state index contributed by atoms with van der Waals surface area (Å²) in [5.41, 5.74) is 2.94. The van der Waals surface area contributed by atoms with E-state index in [1.54, 1.807) is 31.2 Å². The molecule has 0 bridgehead atoms. The van der Waals surface area contributed by atoms with Crippen molar-refractivity contribution < 1.29 is 23.9 Å². The van der Waals surface area contributed by atoms with Crippen molar-refractivity contribution in [2.24, 2.45) is 0 Å². The topological polar surface area (TPSA) is 81.7 Å². The molecule has 29 heavy (non-hydrogen) atoms. The Kier molecular flexibility index (Phi) is 6.65. The van der Waals surface area contributed by atoms with E-state index < -0.39 is 12.1 Å². The van der Waals surface area contributed by atoms with Gasteiger partial charge in [0.25, 0.3) is 5.91 Å². The monoisotopic (exact) mass is 395 g/mol. The molecule has 6 nitrogen and oxygen atoms in total. The fraction of sp³-hybridized carbons (Fsp3) is 0.348. The predicted octanol–water partition coefficient (Wildman–Crippen LogP) is 3.39. The molecule has 0 saturated heterocycles. The standard InChI is InChI=1S/C23H25NO5/c1-15(25)17-10-12-19(13-11-17)28-14-22(26)29-16(2)23(27)24-21-9-5-7-18-6-3-4-8-20(18)21/h3-4,6,8,10-13,16,21H,5,7,9,14H2,1-2H3,(H,24,27)/t16-,21+/m1/s1. The minimum Gasteiger partial charge on any atom is -0.482 e. The molecule has 2 atom stereocenters. The van der Waals surface area contributed by atoms with Crippen LogP contribution in [-0.2, 0) is 20.7 Å². The normalized spacial score (nSPS) is 16.3. The van der Waals surface area contributed by atoms with Gasteiger partial charge in [-0.25, -0.2) is 4.79 Å². The molecule has 0 aromatic heterocycles. The molecule has 1 aliphatic rings. The first kappa shape index (κ1) is 20.6. The van der Waals surface area contributed by atoms with Gasteiger partial charge in [-0.3, -0.25) is 9.59 Å². The maximum absolute atomic E-state index is 12.5. The van der Waals surface area contributed by atoms with Crippen LogP contribution in [0.2, 0.25) is 0 Å². The lowest BCUT2D eigenvalue weighted by atomic mass is 9.87. The summed E-state index contributed by atoms with van der Waals surface area (Å²) in [6.07, 6.45) is 1.97. The van der Waals surface area contributed by atoms with Crippen LogP contribution in [0, 0.1) is 0 Å². The molecule has 152 valence electrons. The van der Waals surface area contributed by atoms with E-state index in [-0.39, 0.29) is 24.3 Å². The summed E-state index contributed by atoms with van der Waals surface area (Å²) in [5.74, 6) is -0.558. The van der Waals surface area contributed by atoms with Crippen LogP contribution in [-0.4, -0.2) is 30.4 Å². The van der Waals surface area contributed by atoms with Crippen molar-refractivity contribution in [3.8, 4) is 5.75 Å². The Balaban J connectivity index is 1.48. The second-order valence-electron chi connectivity index (χ2n) is 7.15. The number of nitrogens with one attached hydrogen (secondary N) is 1. The molecular formula is C23H25NO5. The van der Waals surface area contributed by atoms with E-state index in [1.807, 2.05) is 18.2 Å². The Morgan fingerprint density at radius 2 is 1.83 bits per heavy atom. The second kappa shape index (κ2) is 9.37. The van der Waals surface area contributed by atoms with Gasteiger partial charge in [0, 0.05) is 5.56 Å². The van der Waals surface area contributed by atoms with Crippen LogP contribution in [0.5, 0.6) is 5.75 Å². The number of Topliss-reactive ketones (excluding diaryl/α,β-unsaturated/α-hetero) is 1. The summed E-state index contributed by atoms with van der Waals surface area (Å²) in [6.45, 7) is 2.71.